The van der Waals surface area contributed by atoms with Crippen LogP contribution in [0.4, 0.5) is 0 Å². The first-order valence-electron chi connectivity index (χ1n) is 42.2. The van der Waals surface area contributed by atoms with Crippen molar-refractivity contribution in [3.63, 3.8) is 0 Å². The molecule has 7 aromatic rings. The number of aliphatic hydroxyl groups excluding tert-OH is 7. The van der Waals surface area contributed by atoms with Crippen LogP contribution < -0.4 is 66.2 Å². The van der Waals surface area contributed by atoms with Crippen molar-refractivity contribution in [2.24, 2.45) is 0 Å². The van der Waals surface area contributed by atoms with Gasteiger partial charge in [0.05, 0.1) is 23.8 Å². The monoisotopic (exact) mass is 1830 g/mol. The highest BCUT2D eigenvalue weighted by atomic mass is 35.5. The molecule has 0 aromatic heterocycles. The second kappa shape index (κ2) is 40.4. The number of carbonyl (C=O) groups excluding carboxylic acids is 9. The zero-order valence-electron chi connectivity index (χ0n) is 70.2. The number of nitrogens with one attached hydrogen (secondary N) is 8. The summed E-state index contributed by atoms with van der Waals surface area (Å²) >= 11 is 14.4. The number of fused-ring (bicyclic) bond motifs is 14. The van der Waals surface area contributed by atoms with Crippen LogP contribution in [0.15, 0.2) is 115 Å². The summed E-state index contributed by atoms with van der Waals surface area (Å²) < 4.78 is 50.1. The van der Waals surface area contributed by atoms with Crippen LogP contribution in [0.1, 0.15) is 146 Å². The minimum Gasteiger partial charge on any atom is -0.508 e. The van der Waals surface area contributed by atoms with Crippen molar-refractivity contribution < 1.29 is 137 Å². The van der Waals surface area contributed by atoms with E-state index in [4.69, 9.17) is 61.1 Å². The molecular weight excluding hydrogens is 1730 g/mol. The number of benzene rings is 7. The number of hydrogen-bond donors (Lipinski definition) is 19. The number of unbranched alkanes of at least 4 members (excludes halogenated alkanes) is 8. The highest BCUT2D eigenvalue weighted by molar-refractivity contribution is 6.33. The van der Waals surface area contributed by atoms with Gasteiger partial charge in [0.1, 0.15) is 131 Å². The lowest BCUT2D eigenvalue weighted by Crippen LogP contribution is -2.66. The fraction of sp³-hybridized carbons (Fsp3) is 0.427. The summed E-state index contributed by atoms with van der Waals surface area (Å²) in [5, 5.41) is 149. The number of carbonyl (C=O) groups is 9. The van der Waals surface area contributed by atoms with Gasteiger partial charge in [-0.1, -0.05) is 112 Å². The van der Waals surface area contributed by atoms with Gasteiger partial charge in [0.15, 0.2) is 29.1 Å². The van der Waals surface area contributed by atoms with Crippen LogP contribution in [0.5, 0.6) is 69.0 Å². The lowest BCUT2D eigenvalue weighted by Gasteiger charge is -2.41. The Morgan fingerprint density at radius 2 is 1.18 bits per heavy atom. The molecule has 8 amide bonds. The van der Waals surface area contributed by atoms with Crippen molar-refractivity contribution in [1.82, 2.24) is 52.3 Å². The lowest BCUT2D eigenvalue weighted by atomic mass is 9.89. The molecule has 0 aliphatic carbocycles. The van der Waals surface area contributed by atoms with Gasteiger partial charge in [-0.15, -0.1) is 0 Å². The molecule has 17 bridgehead atoms. The van der Waals surface area contributed by atoms with Crippen molar-refractivity contribution in [2.75, 3.05) is 54.0 Å². The summed E-state index contributed by atoms with van der Waals surface area (Å²) in [6.45, 7) is 1.77. The van der Waals surface area contributed by atoms with Gasteiger partial charge in [0, 0.05) is 67.8 Å². The molecule has 9 aliphatic rings. The SMILES string of the molecule is CCCCCCCCCCCC(=O)N[C@H]1[C@H](Oc2c3cc4cc2Oc2ccc(cc2Cl)[C@@H](O)[C@@H]2NC(=O)[C@H](NC(=O)[C@@H]4NC(=O)[C@H]4NC(=O)[C@@H](Cc5ccc(cc5)O3)NC(=O)[C@@H](NC)c3ccc(O)c(c3)Oc3cc(O)c(Cl)c4c3)c3ccc(O)c(c3)-c3c(O[C@H]4O[C@H](CO)[C@@H](O)[C@H](O)[C@@H]4O)cc(O)cc3[C@@H](C(=O)N3CCN(C)CC3)NC2=O)O[C@H](C(=O)OC)[C@@H](O)[C@@H]1O. The molecule has 9 aliphatic heterocycles. The van der Waals surface area contributed by atoms with E-state index in [1.54, 1.807) is 7.05 Å². The van der Waals surface area contributed by atoms with E-state index in [1.165, 1.54) is 60.5 Å². The number of piperazine rings is 1. The second-order valence-corrected chi connectivity index (χ2v) is 33.4. The summed E-state index contributed by atoms with van der Waals surface area (Å²) in [5.74, 6) is -16.8. The number of rotatable bonds is 19. The number of amides is 8. The molecule has 7 aromatic carbocycles. The van der Waals surface area contributed by atoms with Crippen molar-refractivity contribution >= 4 is 76.4 Å². The molecule has 0 saturated carbocycles. The summed E-state index contributed by atoms with van der Waals surface area (Å²) in [4.78, 5) is 143. The number of methoxy groups -OCH3 is 1. The molecule has 40 heteroatoms. The molecular formula is C89H100Cl2N10O28. The average molecular weight is 1830 g/mol. The van der Waals surface area contributed by atoms with Gasteiger partial charge in [-0.3, -0.25) is 38.4 Å². The van der Waals surface area contributed by atoms with Crippen LogP contribution >= 0.6 is 23.2 Å². The summed E-state index contributed by atoms with van der Waals surface area (Å²) in [6.07, 6.45) is -13.0. The van der Waals surface area contributed by atoms with Crippen LogP contribution in [0, 0.1) is 0 Å². The van der Waals surface area contributed by atoms with Gasteiger partial charge in [-0.2, -0.15) is 0 Å². The first kappa shape index (κ1) is 93.3. The van der Waals surface area contributed by atoms with Gasteiger partial charge in [-0.25, -0.2) is 4.79 Å². The Morgan fingerprint density at radius 3 is 1.87 bits per heavy atom. The number of hydrogen-bond acceptors (Lipinski definition) is 30. The normalized spacial score (nSPS) is 26.5. The summed E-state index contributed by atoms with van der Waals surface area (Å²) in [5.41, 5.74) is -2.46. The number of esters is 1. The smallest absolute Gasteiger partial charge is 0.337 e. The third-order valence-electron chi connectivity index (χ3n) is 23.7. The molecule has 9 heterocycles. The second-order valence-electron chi connectivity index (χ2n) is 32.6. The van der Waals surface area contributed by atoms with Gasteiger partial charge >= 0.3 is 5.97 Å². The van der Waals surface area contributed by atoms with Gasteiger partial charge < -0.3 is 146 Å². The number of nitrogens with zero attached hydrogens (tertiary/aromatic N) is 2. The maximum Gasteiger partial charge on any atom is 0.337 e. The molecule has 3 saturated heterocycles. The number of likely N-dealkylation sites (N-methyl/N-ethyl adjacent to an activating group) is 2. The van der Waals surface area contributed by atoms with Crippen LogP contribution in [0.2, 0.25) is 10.0 Å². The highest BCUT2D eigenvalue weighted by Crippen LogP contribution is 2.51. The van der Waals surface area contributed by atoms with Crippen molar-refractivity contribution in [3.05, 3.63) is 164 Å². The van der Waals surface area contributed by atoms with Gasteiger partial charge in [-0.05, 0) is 127 Å². The first-order valence-corrected chi connectivity index (χ1v) is 42.9. The number of phenols is 4. The minimum atomic E-state index is -2.43. The number of aromatic hydroxyl groups is 4. The average Bonchev–Trinajstić information content (AvgIpc) is 0.756. The third kappa shape index (κ3) is 20.4. The molecule has 18 atom stereocenters. The van der Waals surface area contributed by atoms with Gasteiger partial charge in [0.25, 0.3) is 0 Å². The molecule has 129 heavy (non-hydrogen) atoms. The van der Waals surface area contributed by atoms with E-state index in [9.17, 15) is 70.6 Å². The summed E-state index contributed by atoms with van der Waals surface area (Å²) in [7, 11) is 4.20. The Kier molecular flexibility index (Phi) is 29.2. The van der Waals surface area contributed by atoms with Crippen LogP contribution in [-0.2, 0) is 63.8 Å². The molecule has 688 valence electrons. The zero-order valence-corrected chi connectivity index (χ0v) is 71.7. The zero-order chi connectivity index (χ0) is 92.1. The Hall–Kier alpha value is -11.9. The largest absolute Gasteiger partial charge is 0.508 e. The first-order chi connectivity index (χ1) is 61.8. The van der Waals surface area contributed by atoms with Crippen LogP contribution in [-0.4, -0.2) is 247 Å². The predicted molar refractivity (Wildman–Crippen MR) is 454 cm³/mol. The maximum absolute atomic E-state index is 16.9. The molecule has 3 fully saturated rings. The Morgan fingerprint density at radius 1 is 0.543 bits per heavy atom. The number of ether oxygens (including phenoxy) is 8. The van der Waals surface area contributed by atoms with Crippen LogP contribution in [0.3, 0.4) is 0 Å². The minimum absolute atomic E-state index is 0.0202. The Bertz CT molecular complexity index is 5400. The fourth-order valence-corrected chi connectivity index (χ4v) is 17.0. The molecule has 38 nitrogen and oxygen atoms in total. The van der Waals surface area contributed by atoms with E-state index in [2.05, 4.69) is 49.5 Å². The van der Waals surface area contributed by atoms with Crippen molar-refractivity contribution in [2.45, 2.75) is 187 Å². The number of aliphatic hydroxyl groups is 7. The number of halogens is 2. The standard InChI is InChI=1S/C89H100Cl2N10O28/c1-5-6-7-8-9-10-11-12-13-14-62(107)94-71-74(110)76(112)79(87(121)122-4)129-88(71)128-78-59-33-44-34-60(78)125-56-24-19-43(31-51(56)90)72(108)70-85(119)98-69(86(120)101-27-25-100(3)26-28-101)49-35-45(103)36-58(126-89-77(113)75(111)73(109)61(39-102)127-89)63(49)48-30-41(17-22-53(48)104)66(82(116)99-70)95-83(117)67(44)96-84(118)68-50-37-47(38-55(106)64(50)91)124-57-32-42(18-23-54(57)105)65(92-2)81(115)93-52(80(114)97-68)29-40-15-20-46(123-59)21-16-40/h15-24,30-38,52,61,65-77,79,88-89,92,102-106,108-113H,5-14,25-29,39H2,1-4H3,(H,93,115)(H,94,107)(H,95,117)(H,96,118)(H,97,114)(H,98,119)(H,99,116)/t52-,61-,65+,66-,67-,68+,69+,70+,71-,72-,73-,74-,75+,76+,77+,79+,88-,89+/m1/s1. The van der Waals surface area contributed by atoms with Gasteiger partial charge in [0.2, 0.25) is 65.6 Å². The molecule has 19 N–H and O–H groups in total. The molecule has 0 unspecified atom stereocenters. The molecule has 0 spiro atoms. The lowest BCUT2D eigenvalue weighted by molar-refractivity contribution is -0.277. The maximum atomic E-state index is 16.9. The van der Waals surface area contributed by atoms with Crippen molar-refractivity contribution in [1.29, 1.82) is 0 Å². The van der Waals surface area contributed by atoms with E-state index in [0.717, 1.165) is 119 Å². The topological polar surface area (TPSA) is 553 Å². The fourth-order valence-electron chi connectivity index (χ4n) is 16.6. The highest BCUT2D eigenvalue weighted by Gasteiger charge is 2.52. The summed E-state index contributed by atoms with van der Waals surface area (Å²) in [6, 6.07) is 6.33. The van der Waals surface area contributed by atoms with E-state index in [0.29, 0.717) is 18.4 Å². The van der Waals surface area contributed by atoms with E-state index < -0.39 is 271 Å². The Balaban J connectivity index is 0.994. The van der Waals surface area contributed by atoms with E-state index in [1.807, 2.05) is 4.90 Å². The predicted octanol–water partition coefficient (Wildman–Crippen LogP) is 4.11. The van der Waals surface area contributed by atoms with E-state index in [-0.39, 0.29) is 61.0 Å². The Labute approximate surface area is 748 Å². The molecule has 0 radical (unpaired) electrons. The van der Waals surface area contributed by atoms with Crippen molar-refractivity contribution in [3.8, 4) is 80.1 Å². The van der Waals surface area contributed by atoms with E-state index >= 15 is 28.8 Å². The third-order valence-corrected chi connectivity index (χ3v) is 24.4. The van der Waals surface area contributed by atoms with Crippen LogP contribution in [0.25, 0.3) is 11.1 Å². The molecule has 16 rings (SSSR count). The number of phenolic OH excluding ortho intramolecular Hbond substituents is 4. The quantitative estimate of drug-likeness (QED) is 0.0400.